The minimum Gasteiger partial charge on any atom is -0.342 e. The average molecular weight is 428 g/mol. The van der Waals surface area contributed by atoms with Crippen LogP contribution in [0.5, 0.6) is 0 Å². The molecule has 0 aliphatic heterocycles. The lowest BCUT2D eigenvalue weighted by molar-refractivity contribution is -0.131. The van der Waals surface area contributed by atoms with Crippen molar-refractivity contribution in [3.05, 3.63) is 52.1 Å². The molecule has 1 amide bonds. The van der Waals surface area contributed by atoms with Crippen LogP contribution in [0.15, 0.2) is 51.7 Å². The largest absolute Gasteiger partial charge is 0.342 e. The molecule has 0 spiro atoms. The van der Waals surface area contributed by atoms with Crippen molar-refractivity contribution in [3.63, 3.8) is 0 Å². The lowest BCUT2D eigenvalue weighted by Crippen LogP contribution is -2.42. The number of aromatic nitrogens is 2. The monoisotopic (exact) mass is 427 g/mol. The molecule has 3 aromatic rings. The van der Waals surface area contributed by atoms with E-state index in [1.54, 1.807) is 4.57 Å². The molecule has 29 heavy (non-hydrogen) atoms. The predicted octanol–water partition coefficient (Wildman–Crippen LogP) is 4.72. The van der Waals surface area contributed by atoms with E-state index in [4.69, 9.17) is 4.98 Å². The Kier molecular flexibility index (Phi) is 6.06. The lowest BCUT2D eigenvalue weighted by Gasteiger charge is -2.32. The molecule has 2 heterocycles. The van der Waals surface area contributed by atoms with Crippen molar-refractivity contribution in [2.75, 3.05) is 7.05 Å². The highest BCUT2D eigenvalue weighted by Crippen LogP contribution is 2.29. The van der Waals surface area contributed by atoms with E-state index >= 15 is 0 Å². The normalized spacial score (nSPS) is 16.1. The second-order valence-electron chi connectivity index (χ2n) is 7.51. The SMILES string of the molecule is CC(Sc1nc2sccc2c(=O)n1-c1ccccc1)C(=O)N(C)C1CCCCC1. The number of hydrogen-bond donors (Lipinski definition) is 0. The van der Waals surface area contributed by atoms with Gasteiger partial charge in [0.25, 0.3) is 5.56 Å². The molecule has 1 saturated carbocycles. The molecule has 1 unspecified atom stereocenters. The molecule has 1 aliphatic rings. The summed E-state index contributed by atoms with van der Waals surface area (Å²) in [4.78, 5) is 33.6. The van der Waals surface area contributed by atoms with E-state index in [2.05, 4.69) is 0 Å². The summed E-state index contributed by atoms with van der Waals surface area (Å²) < 4.78 is 1.63. The van der Waals surface area contributed by atoms with Crippen molar-refractivity contribution in [1.82, 2.24) is 14.5 Å². The molecule has 0 radical (unpaired) electrons. The number of hydrogen-bond acceptors (Lipinski definition) is 5. The molecule has 0 saturated heterocycles. The number of rotatable bonds is 5. The highest BCUT2D eigenvalue weighted by Gasteiger charge is 2.27. The van der Waals surface area contributed by atoms with Crippen molar-refractivity contribution < 1.29 is 4.79 Å². The molecule has 7 heteroatoms. The zero-order valence-corrected chi connectivity index (χ0v) is 18.3. The van der Waals surface area contributed by atoms with Crippen molar-refractivity contribution >= 4 is 39.2 Å². The van der Waals surface area contributed by atoms with Gasteiger partial charge >= 0.3 is 0 Å². The minimum absolute atomic E-state index is 0.0924. The third kappa shape index (κ3) is 4.12. The number of carbonyl (C=O) groups is 1. The maximum atomic E-state index is 13.2. The summed E-state index contributed by atoms with van der Waals surface area (Å²) in [6.07, 6.45) is 5.79. The fraction of sp³-hybridized carbons (Fsp3) is 0.409. The Balaban J connectivity index is 1.66. The van der Waals surface area contributed by atoms with E-state index in [0.29, 0.717) is 21.4 Å². The minimum atomic E-state index is -0.318. The first-order valence-electron chi connectivity index (χ1n) is 10.1. The molecule has 1 aromatic carbocycles. The van der Waals surface area contributed by atoms with Crippen LogP contribution in [0.2, 0.25) is 0 Å². The van der Waals surface area contributed by atoms with Crippen LogP contribution in [-0.2, 0) is 4.79 Å². The first-order chi connectivity index (χ1) is 14.1. The number of thiophene rings is 1. The summed E-state index contributed by atoms with van der Waals surface area (Å²) >= 11 is 2.82. The van der Waals surface area contributed by atoms with Gasteiger partial charge in [-0.2, -0.15) is 0 Å². The maximum absolute atomic E-state index is 13.2. The molecule has 1 aliphatic carbocycles. The maximum Gasteiger partial charge on any atom is 0.267 e. The molecule has 2 aromatic heterocycles. The van der Waals surface area contributed by atoms with Gasteiger partial charge in [0, 0.05) is 13.1 Å². The Labute approximate surface area is 178 Å². The molecular formula is C22H25N3O2S2. The number of amides is 1. The van der Waals surface area contributed by atoms with Crippen molar-refractivity contribution in [2.24, 2.45) is 0 Å². The number of nitrogens with zero attached hydrogens (tertiary/aromatic N) is 3. The lowest BCUT2D eigenvalue weighted by atomic mass is 9.94. The van der Waals surface area contributed by atoms with Gasteiger partial charge in [-0.1, -0.05) is 49.2 Å². The van der Waals surface area contributed by atoms with Gasteiger partial charge in [0.2, 0.25) is 5.91 Å². The number of benzene rings is 1. The predicted molar refractivity (Wildman–Crippen MR) is 120 cm³/mol. The van der Waals surface area contributed by atoms with Crippen LogP contribution in [-0.4, -0.2) is 38.7 Å². The molecule has 0 N–H and O–H groups in total. The third-order valence-corrected chi connectivity index (χ3v) is 7.43. The zero-order chi connectivity index (χ0) is 20.4. The summed E-state index contributed by atoms with van der Waals surface area (Å²) in [6.45, 7) is 1.91. The van der Waals surface area contributed by atoms with Gasteiger partial charge < -0.3 is 4.90 Å². The van der Waals surface area contributed by atoms with Crippen molar-refractivity contribution in [1.29, 1.82) is 0 Å². The summed E-state index contributed by atoms with van der Waals surface area (Å²) in [7, 11) is 1.91. The smallest absolute Gasteiger partial charge is 0.267 e. The van der Waals surface area contributed by atoms with E-state index in [-0.39, 0.29) is 16.7 Å². The molecule has 0 bridgehead atoms. The summed E-state index contributed by atoms with van der Waals surface area (Å²) in [5.74, 6) is 0.0991. The molecular weight excluding hydrogens is 402 g/mol. The fourth-order valence-corrected chi connectivity index (χ4v) is 5.76. The van der Waals surface area contributed by atoms with Gasteiger partial charge in [-0.25, -0.2) is 4.98 Å². The third-order valence-electron chi connectivity index (χ3n) is 5.58. The van der Waals surface area contributed by atoms with Crippen LogP contribution in [0.1, 0.15) is 39.0 Å². The Morgan fingerprint density at radius 1 is 1.21 bits per heavy atom. The standard InChI is InChI=1S/C22H25N3O2S2/c1-15(20(26)24(2)16-9-5-3-6-10-16)29-22-23-19-18(13-14-28-19)21(27)25(22)17-11-7-4-8-12-17/h4,7-8,11-16H,3,5-6,9-10H2,1-2H3. The Hall–Kier alpha value is -2.12. The van der Waals surface area contributed by atoms with E-state index < -0.39 is 0 Å². The van der Waals surface area contributed by atoms with E-state index in [1.807, 2.05) is 60.6 Å². The Morgan fingerprint density at radius 2 is 1.93 bits per heavy atom. The summed E-state index contributed by atoms with van der Waals surface area (Å²) in [6, 6.07) is 11.7. The zero-order valence-electron chi connectivity index (χ0n) is 16.7. The highest BCUT2D eigenvalue weighted by atomic mass is 32.2. The first-order valence-corrected chi connectivity index (χ1v) is 11.8. The molecule has 4 rings (SSSR count). The van der Waals surface area contributed by atoms with Crippen molar-refractivity contribution in [2.45, 2.75) is 55.5 Å². The van der Waals surface area contributed by atoms with Crippen LogP contribution < -0.4 is 5.56 Å². The quantitative estimate of drug-likeness (QED) is 0.437. The van der Waals surface area contributed by atoms with Crippen molar-refractivity contribution in [3.8, 4) is 5.69 Å². The second kappa shape index (κ2) is 8.71. The highest BCUT2D eigenvalue weighted by molar-refractivity contribution is 8.00. The molecule has 5 nitrogen and oxygen atoms in total. The van der Waals surface area contributed by atoms with E-state index in [1.165, 1.54) is 42.4 Å². The topological polar surface area (TPSA) is 55.2 Å². The number of carbonyl (C=O) groups excluding carboxylic acids is 1. The van der Waals surface area contributed by atoms with Crippen LogP contribution in [0.4, 0.5) is 0 Å². The van der Waals surface area contributed by atoms with Gasteiger partial charge in [-0.05, 0) is 43.3 Å². The van der Waals surface area contributed by atoms with Gasteiger partial charge in [0.1, 0.15) is 4.83 Å². The molecule has 1 fully saturated rings. The van der Waals surface area contributed by atoms with E-state index in [0.717, 1.165) is 18.5 Å². The average Bonchev–Trinajstić information content (AvgIpc) is 3.23. The number of thioether (sulfide) groups is 1. The Morgan fingerprint density at radius 3 is 2.66 bits per heavy atom. The van der Waals surface area contributed by atoms with E-state index in [9.17, 15) is 9.59 Å². The first kappa shape index (κ1) is 20.2. The van der Waals surface area contributed by atoms with Crippen LogP contribution >= 0.6 is 23.1 Å². The number of fused-ring (bicyclic) bond motifs is 1. The van der Waals surface area contributed by atoms with Gasteiger partial charge in [-0.15, -0.1) is 11.3 Å². The summed E-state index contributed by atoms with van der Waals surface area (Å²) in [5, 5.41) is 2.74. The fourth-order valence-electron chi connectivity index (χ4n) is 3.92. The van der Waals surface area contributed by atoms with Crippen LogP contribution in [0, 0.1) is 0 Å². The van der Waals surface area contributed by atoms with Crippen LogP contribution in [0.25, 0.3) is 15.9 Å². The second-order valence-corrected chi connectivity index (χ2v) is 9.71. The number of para-hydroxylation sites is 1. The van der Waals surface area contributed by atoms with Crippen LogP contribution in [0.3, 0.4) is 0 Å². The molecule has 152 valence electrons. The molecule has 1 atom stereocenters. The summed E-state index contributed by atoms with van der Waals surface area (Å²) in [5.41, 5.74) is 0.672. The Bertz CT molecular complexity index is 1050. The van der Waals surface area contributed by atoms with Gasteiger partial charge in [0.05, 0.1) is 16.3 Å². The van der Waals surface area contributed by atoms with Gasteiger partial charge in [0.15, 0.2) is 5.16 Å². The van der Waals surface area contributed by atoms with Gasteiger partial charge in [-0.3, -0.25) is 14.2 Å².